The van der Waals surface area contributed by atoms with Gasteiger partial charge in [-0.05, 0) is 44.9 Å². The minimum Gasteiger partial charge on any atom is -0.372 e. The first-order valence-corrected chi connectivity index (χ1v) is 10.3. The normalized spacial score (nSPS) is 21.4. The highest BCUT2D eigenvalue weighted by molar-refractivity contribution is 7.89. The van der Waals surface area contributed by atoms with E-state index in [0.29, 0.717) is 25.3 Å². The Labute approximate surface area is 149 Å². The van der Waals surface area contributed by atoms with Crippen molar-refractivity contribution in [2.45, 2.75) is 56.1 Å². The predicted octanol–water partition coefficient (Wildman–Crippen LogP) is 2.16. The van der Waals surface area contributed by atoms with Crippen LogP contribution >= 0.6 is 0 Å². The van der Waals surface area contributed by atoms with E-state index < -0.39 is 10.0 Å². The van der Waals surface area contributed by atoms with Crippen molar-refractivity contribution >= 4 is 15.9 Å². The maximum atomic E-state index is 12.8. The molecule has 0 unspecified atom stereocenters. The Balaban J connectivity index is 1.77. The molecule has 1 aromatic rings. The molecule has 3 rings (SSSR count). The monoisotopic (exact) mass is 366 g/mol. The summed E-state index contributed by atoms with van der Waals surface area (Å²) >= 11 is 0. The van der Waals surface area contributed by atoms with E-state index in [9.17, 15) is 13.2 Å². The Morgan fingerprint density at radius 3 is 2.68 bits per heavy atom. The van der Waals surface area contributed by atoms with Crippen molar-refractivity contribution < 1.29 is 17.9 Å². The van der Waals surface area contributed by atoms with E-state index in [-0.39, 0.29) is 22.4 Å². The van der Waals surface area contributed by atoms with Crippen LogP contribution < -0.4 is 4.72 Å². The van der Waals surface area contributed by atoms with Crippen LogP contribution in [0.1, 0.15) is 49.9 Å². The van der Waals surface area contributed by atoms with Crippen molar-refractivity contribution in [3.63, 3.8) is 0 Å². The first-order chi connectivity index (χ1) is 11.8. The van der Waals surface area contributed by atoms with Gasteiger partial charge in [0.15, 0.2) is 0 Å². The van der Waals surface area contributed by atoms with Gasteiger partial charge in [0.2, 0.25) is 10.0 Å². The standard InChI is InChI=1S/C18H26N2O4S/c1-18(2)13-20(10-11-24-18)17(21)14-6-5-9-16(12-14)25(22,23)19-15-7-3-4-8-15/h5-6,9,12,15,19H,3-4,7-8,10-11,13H2,1-2H3. The van der Waals surface area contributed by atoms with Gasteiger partial charge in [0.05, 0.1) is 17.1 Å². The molecular weight excluding hydrogens is 340 g/mol. The number of rotatable bonds is 4. The summed E-state index contributed by atoms with van der Waals surface area (Å²) < 4.78 is 33.6. The third-order valence-electron chi connectivity index (χ3n) is 4.78. The van der Waals surface area contributed by atoms with Gasteiger partial charge >= 0.3 is 0 Å². The molecule has 1 N–H and O–H groups in total. The number of sulfonamides is 1. The first-order valence-electron chi connectivity index (χ1n) is 8.82. The highest BCUT2D eigenvalue weighted by Gasteiger charge is 2.31. The smallest absolute Gasteiger partial charge is 0.254 e. The molecule has 1 amide bonds. The lowest BCUT2D eigenvalue weighted by Gasteiger charge is -2.38. The van der Waals surface area contributed by atoms with Gasteiger partial charge in [0.25, 0.3) is 5.91 Å². The Kier molecular flexibility index (Phi) is 5.18. The lowest BCUT2D eigenvalue weighted by atomic mass is 10.1. The van der Waals surface area contributed by atoms with Crippen molar-refractivity contribution in [1.29, 1.82) is 0 Å². The summed E-state index contributed by atoms with van der Waals surface area (Å²) in [5, 5.41) is 0. The summed E-state index contributed by atoms with van der Waals surface area (Å²) in [5.74, 6) is -0.158. The van der Waals surface area contributed by atoms with Crippen LogP contribution in [-0.4, -0.2) is 50.6 Å². The van der Waals surface area contributed by atoms with E-state index in [1.165, 1.54) is 12.1 Å². The Hall–Kier alpha value is -1.44. The van der Waals surface area contributed by atoms with E-state index in [0.717, 1.165) is 25.7 Å². The maximum absolute atomic E-state index is 12.8. The van der Waals surface area contributed by atoms with Crippen molar-refractivity contribution in [3.8, 4) is 0 Å². The van der Waals surface area contributed by atoms with Crippen LogP contribution in [0.4, 0.5) is 0 Å². The van der Waals surface area contributed by atoms with Crippen LogP contribution in [0.15, 0.2) is 29.2 Å². The fourth-order valence-corrected chi connectivity index (χ4v) is 4.85. The van der Waals surface area contributed by atoms with Crippen LogP contribution in [0.2, 0.25) is 0 Å². The lowest BCUT2D eigenvalue weighted by molar-refractivity contribution is -0.0764. The Morgan fingerprint density at radius 2 is 2.00 bits per heavy atom. The quantitative estimate of drug-likeness (QED) is 0.886. The van der Waals surface area contributed by atoms with Crippen LogP contribution in [0.25, 0.3) is 0 Å². The van der Waals surface area contributed by atoms with Crippen LogP contribution in [0.3, 0.4) is 0 Å². The summed E-state index contributed by atoms with van der Waals surface area (Å²) in [7, 11) is -3.60. The number of hydrogen-bond acceptors (Lipinski definition) is 4. The number of nitrogens with zero attached hydrogens (tertiary/aromatic N) is 1. The molecule has 7 heteroatoms. The van der Waals surface area contributed by atoms with Gasteiger partial charge in [-0.15, -0.1) is 0 Å². The topological polar surface area (TPSA) is 75.7 Å². The summed E-state index contributed by atoms with van der Waals surface area (Å²) in [4.78, 5) is 14.6. The zero-order valence-electron chi connectivity index (χ0n) is 14.8. The molecule has 1 aliphatic carbocycles. The number of nitrogens with one attached hydrogen (secondary N) is 1. The number of ether oxygens (including phenoxy) is 1. The predicted molar refractivity (Wildman–Crippen MR) is 95.0 cm³/mol. The van der Waals surface area contributed by atoms with Crippen LogP contribution in [0, 0.1) is 0 Å². The number of amides is 1. The fourth-order valence-electron chi connectivity index (χ4n) is 3.50. The zero-order chi connectivity index (χ0) is 18.1. The first kappa shape index (κ1) is 18.4. The summed E-state index contributed by atoms with van der Waals surface area (Å²) in [6.45, 7) is 5.38. The van der Waals surface area contributed by atoms with Gasteiger partial charge in [-0.3, -0.25) is 4.79 Å². The van der Waals surface area contributed by atoms with Crippen molar-refractivity contribution in [3.05, 3.63) is 29.8 Å². The Bertz CT molecular complexity index is 739. The minimum absolute atomic E-state index is 0.00407. The van der Waals surface area contributed by atoms with E-state index in [1.54, 1.807) is 17.0 Å². The summed E-state index contributed by atoms with van der Waals surface area (Å²) in [6.07, 6.45) is 3.86. The number of carbonyl (C=O) groups excluding carboxylic acids is 1. The molecule has 1 saturated heterocycles. The molecule has 0 spiro atoms. The lowest BCUT2D eigenvalue weighted by Crippen LogP contribution is -2.50. The van der Waals surface area contributed by atoms with Gasteiger partial charge < -0.3 is 9.64 Å². The van der Waals surface area contributed by atoms with Crippen molar-refractivity contribution in [2.75, 3.05) is 19.7 Å². The molecule has 2 fully saturated rings. The van der Waals surface area contributed by atoms with Crippen molar-refractivity contribution in [2.24, 2.45) is 0 Å². The molecule has 0 atom stereocenters. The summed E-state index contributed by atoms with van der Waals surface area (Å²) in [6, 6.07) is 6.31. The molecule has 6 nitrogen and oxygen atoms in total. The third-order valence-corrected chi connectivity index (χ3v) is 6.30. The van der Waals surface area contributed by atoms with E-state index in [4.69, 9.17) is 4.74 Å². The van der Waals surface area contributed by atoms with Crippen molar-refractivity contribution in [1.82, 2.24) is 9.62 Å². The SMILES string of the molecule is CC1(C)CN(C(=O)c2cccc(S(=O)(=O)NC3CCCC3)c2)CCO1. The zero-order valence-corrected chi connectivity index (χ0v) is 15.6. The average molecular weight is 366 g/mol. The minimum atomic E-state index is -3.60. The second-order valence-corrected chi connectivity index (χ2v) is 9.18. The largest absolute Gasteiger partial charge is 0.372 e. The molecule has 0 radical (unpaired) electrons. The van der Waals surface area contributed by atoms with Gasteiger partial charge in [0.1, 0.15) is 0 Å². The molecule has 2 aliphatic rings. The van der Waals surface area contributed by atoms with Crippen LogP contribution in [-0.2, 0) is 14.8 Å². The van der Waals surface area contributed by atoms with Gasteiger partial charge in [-0.2, -0.15) is 0 Å². The number of benzene rings is 1. The molecule has 0 aromatic heterocycles. The second kappa shape index (κ2) is 7.05. The van der Waals surface area contributed by atoms with E-state index in [2.05, 4.69) is 4.72 Å². The van der Waals surface area contributed by atoms with Crippen LogP contribution in [0.5, 0.6) is 0 Å². The van der Waals surface area contributed by atoms with Gasteiger partial charge in [-0.1, -0.05) is 18.9 Å². The molecule has 25 heavy (non-hydrogen) atoms. The number of carbonyl (C=O) groups is 1. The van der Waals surface area contributed by atoms with E-state index >= 15 is 0 Å². The highest BCUT2D eigenvalue weighted by atomic mass is 32.2. The molecule has 1 heterocycles. The van der Waals surface area contributed by atoms with Gasteiger partial charge in [-0.25, -0.2) is 13.1 Å². The maximum Gasteiger partial charge on any atom is 0.254 e. The molecule has 138 valence electrons. The Morgan fingerprint density at radius 1 is 1.28 bits per heavy atom. The molecule has 0 bridgehead atoms. The summed E-state index contributed by atoms with van der Waals surface area (Å²) in [5.41, 5.74) is 0.00809. The molecular formula is C18H26N2O4S. The number of morpholine rings is 1. The average Bonchev–Trinajstić information content (AvgIpc) is 3.05. The third kappa shape index (κ3) is 4.40. The van der Waals surface area contributed by atoms with E-state index in [1.807, 2.05) is 13.8 Å². The molecule has 1 aliphatic heterocycles. The number of hydrogen-bond donors (Lipinski definition) is 1. The fraction of sp³-hybridized carbons (Fsp3) is 0.611. The highest BCUT2D eigenvalue weighted by Crippen LogP contribution is 2.22. The second-order valence-electron chi connectivity index (χ2n) is 7.47. The molecule has 1 aromatic carbocycles. The van der Waals surface area contributed by atoms with Gasteiger partial charge in [0, 0.05) is 24.7 Å². The molecule has 1 saturated carbocycles.